The molecule has 0 bridgehead atoms. The number of aromatic nitrogens is 1. The number of halogens is 2. The summed E-state index contributed by atoms with van der Waals surface area (Å²) in [5.41, 5.74) is 5.59. The first-order chi connectivity index (χ1) is 5.18. The van der Waals surface area contributed by atoms with E-state index in [0.717, 1.165) is 0 Å². The Labute approximate surface area is 81.3 Å². The fourth-order valence-electron chi connectivity index (χ4n) is 0.690. The van der Waals surface area contributed by atoms with Gasteiger partial charge >= 0.3 is 0 Å². The predicted molar refractivity (Wildman–Crippen MR) is 49.4 cm³/mol. The number of nitrogens with zero attached hydrogens (tertiary/aromatic N) is 1. The molecule has 0 radical (unpaired) electrons. The summed E-state index contributed by atoms with van der Waals surface area (Å²) in [7, 11) is 0. The van der Waals surface area contributed by atoms with Crippen LogP contribution in [0.5, 0.6) is 0 Å². The van der Waals surface area contributed by atoms with E-state index >= 15 is 0 Å². The molecule has 0 aromatic carbocycles. The summed E-state index contributed by atoms with van der Waals surface area (Å²) in [5.74, 6) is -0.389. The molecular formula is C7H8Cl2N2O. The van der Waals surface area contributed by atoms with Crippen molar-refractivity contribution in [2.45, 2.75) is 6.42 Å². The molecule has 1 heterocycles. The average Bonchev–Trinajstić information content (AvgIpc) is 1.93. The highest BCUT2D eigenvalue weighted by atomic mass is 35.5. The van der Waals surface area contributed by atoms with Crippen LogP contribution in [0.4, 0.5) is 0 Å². The summed E-state index contributed by atoms with van der Waals surface area (Å²) < 4.78 is 0. The van der Waals surface area contributed by atoms with Crippen LogP contribution in [0.2, 0.25) is 5.02 Å². The maximum Gasteiger partial charge on any atom is 0.223 e. The molecule has 3 nitrogen and oxygen atoms in total. The van der Waals surface area contributed by atoms with E-state index in [1.165, 1.54) is 6.20 Å². The van der Waals surface area contributed by atoms with Crippen molar-refractivity contribution in [1.82, 2.24) is 4.98 Å². The van der Waals surface area contributed by atoms with Crippen LogP contribution in [0.25, 0.3) is 0 Å². The summed E-state index contributed by atoms with van der Waals surface area (Å²) >= 11 is 5.57. The Hall–Kier alpha value is -0.800. The van der Waals surface area contributed by atoms with E-state index in [1.54, 1.807) is 12.1 Å². The lowest BCUT2D eigenvalue weighted by molar-refractivity contribution is -0.117. The van der Waals surface area contributed by atoms with Gasteiger partial charge in [0.05, 0.1) is 11.4 Å². The van der Waals surface area contributed by atoms with Crippen LogP contribution in [-0.4, -0.2) is 10.9 Å². The molecule has 66 valence electrons. The molecule has 0 saturated heterocycles. The highest BCUT2D eigenvalue weighted by molar-refractivity contribution is 6.30. The van der Waals surface area contributed by atoms with Crippen molar-refractivity contribution in [3.8, 4) is 0 Å². The van der Waals surface area contributed by atoms with Gasteiger partial charge in [0, 0.05) is 11.9 Å². The van der Waals surface area contributed by atoms with Crippen LogP contribution in [0, 0.1) is 0 Å². The third kappa shape index (κ3) is 3.55. The van der Waals surface area contributed by atoms with Gasteiger partial charge in [0.15, 0.2) is 0 Å². The van der Waals surface area contributed by atoms with E-state index < -0.39 is 0 Å². The van der Waals surface area contributed by atoms with Gasteiger partial charge in [-0.15, -0.1) is 12.4 Å². The molecular weight excluding hydrogens is 199 g/mol. The minimum absolute atomic E-state index is 0. The summed E-state index contributed by atoms with van der Waals surface area (Å²) in [6.07, 6.45) is 1.65. The minimum Gasteiger partial charge on any atom is -0.369 e. The zero-order valence-electron chi connectivity index (χ0n) is 6.16. The molecule has 5 heteroatoms. The molecule has 0 aliphatic carbocycles. The number of carbonyl (C=O) groups excluding carboxylic acids is 1. The summed E-state index contributed by atoms with van der Waals surface area (Å²) in [4.78, 5) is 14.3. The smallest absolute Gasteiger partial charge is 0.223 e. The normalized spacial score (nSPS) is 8.75. The first-order valence-corrected chi connectivity index (χ1v) is 3.45. The lowest BCUT2D eigenvalue weighted by Gasteiger charge is -1.94. The molecule has 1 amide bonds. The molecule has 0 fully saturated rings. The number of amides is 1. The number of hydrogen-bond acceptors (Lipinski definition) is 2. The maximum atomic E-state index is 10.4. The lowest BCUT2D eigenvalue weighted by Crippen LogP contribution is -2.14. The van der Waals surface area contributed by atoms with Crippen LogP contribution in [0.3, 0.4) is 0 Å². The summed E-state index contributed by atoms with van der Waals surface area (Å²) in [6.45, 7) is 0. The van der Waals surface area contributed by atoms with Gasteiger partial charge in [-0.3, -0.25) is 9.78 Å². The van der Waals surface area contributed by atoms with Crippen molar-refractivity contribution in [2.75, 3.05) is 0 Å². The molecule has 2 N–H and O–H groups in total. The Bertz CT molecular complexity index is 261. The van der Waals surface area contributed by atoms with Gasteiger partial charge in [0.1, 0.15) is 0 Å². The van der Waals surface area contributed by atoms with Crippen molar-refractivity contribution >= 4 is 29.9 Å². The Kier molecular flexibility index (Phi) is 4.62. The number of carbonyl (C=O) groups is 1. The number of nitrogens with two attached hydrogens (primary N) is 1. The summed E-state index contributed by atoms with van der Waals surface area (Å²) in [5, 5.41) is 0.554. The zero-order chi connectivity index (χ0) is 8.27. The molecule has 12 heavy (non-hydrogen) atoms. The van der Waals surface area contributed by atoms with E-state index in [-0.39, 0.29) is 24.7 Å². The zero-order valence-corrected chi connectivity index (χ0v) is 7.73. The van der Waals surface area contributed by atoms with Crippen LogP contribution < -0.4 is 5.73 Å². The van der Waals surface area contributed by atoms with Gasteiger partial charge in [-0.2, -0.15) is 0 Å². The largest absolute Gasteiger partial charge is 0.369 e. The molecule has 0 atom stereocenters. The molecule has 1 rings (SSSR count). The van der Waals surface area contributed by atoms with E-state index in [4.69, 9.17) is 17.3 Å². The van der Waals surface area contributed by atoms with Crippen molar-refractivity contribution in [3.63, 3.8) is 0 Å². The van der Waals surface area contributed by atoms with Crippen LogP contribution >= 0.6 is 24.0 Å². The van der Waals surface area contributed by atoms with Crippen LogP contribution in [0.1, 0.15) is 5.69 Å². The predicted octanol–water partition coefficient (Wildman–Crippen LogP) is 1.18. The van der Waals surface area contributed by atoms with Crippen LogP contribution in [0.15, 0.2) is 18.3 Å². The van der Waals surface area contributed by atoms with E-state index in [1.807, 2.05) is 0 Å². The number of hydrogen-bond donors (Lipinski definition) is 1. The van der Waals surface area contributed by atoms with E-state index in [9.17, 15) is 4.79 Å². The summed E-state index contributed by atoms with van der Waals surface area (Å²) in [6, 6.07) is 3.35. The Morgan fingerprint density at radius 1 is 1.58 bits per heavy atom. The van der Waals surface area contributed by atoms with Crippen molar-refractivity contribution in [2.24, 2.45) is 5.73 Å². The van der Waals surface area contributed by atoms with Gasteiger partial charge in [-0.1, -0.05) is 11.6 Å². The molecule has 0 spiro atoms. The molecule has 0 unspecified atom stereocenters. The first-order valence-electron chi connectivity index (χ1n) is 3.07. The van der Waals surface area contributed by atoms with Crippen molar-refractivity contribution < 1.29 is 4.79 Å². The Balaban J connectivity index is 0.00000121. The Morgan fingerprint density at radius 2 is 2.25 bits per heavy atom. The number of pyridine rings is 1. The molecule has 1 aromatic rings. The van der Waals surface area contributed by atoms with Crippen LogP contribution in [-0.2, 0) is 11.2 Å². The quantitative estimate of drug-likeness (QED) is 0.791. The van der Waals surface area contributed by atoms with Gasteiger partial charge in [-0.05, 0) is 12.1 Å². The van der Waals surface area contributed by atoms with Gasteiger partial charge < -0.3 is 5.73 Å². The highest BCUT2D eigenvalue weighted by Gasteiger charge is 1.98. The average molecular weight is 207 g/mol. The van der Waals surface area contributed by atoms with Gasteiger partial charge in [0.2, 0.25) is 5.91 Å². The lowest BCUT2D eigenvalue weighted by atomic mass is 10.3. The number of primary amides is 1. The van der Waals surface area contributed by atoms with Gasteiger partial charge in [0.25, 0.3) is 0 Å². The fraction of sp³-hybridized carbons (Fsp3) is 0.143. The molecule has 0 saturated carbocycles. The standard InChI is InChI=1S/C7H7ClN2O.ClH/c8-5-1-2-6(10-4-5)3-7(9)11;/h1-2,4H,3H2,(H2,9,11);1H. The first kappa shape index (κ1) is 11.2. The topological polar surface area (TPSA) is 56.0 Å². The second kappa shape index (κ2) is 4.95. The van der Waals surface area contributed by atoms with Gasteiger partial charge in [-0.25, -0.2) is 0 Å². The van der Waals surface area contributed by atoms with E-state index in [0.29, 0.717) is 10.7 Å². The molecule has 0 aliphatic heterocycles. The second-order valence-corrected chi connectivity index (χ2v) is 2.55. The third-order valence-electron chi connectivity index (χ3n) is 1.14. The van der Waals surface area contributed by atoms with Crippen molar-refractivity contribution in [3.05, 3.63) is 29.0 Å². The minimum atomic E-state index is -0.389. The monoisotopic (exact) mass is 206 g/mol. The SMILES string of the molecule is Cl.NC(=O)Cc1ccc(Cl)cn1. The molecule has 0 aliphatic rings. The molecule has 1 aromatic heterocycles. The second-order valence-electron chi connectivity index (χ2n) is 2.11. The number of rotatable bonds is 2. The third-order valence-corrected chi connectivity index (χ3v) is 1.37. The van der Waals surface area contributed by atoms with E-state index in [2.05, 4.69) is 4.98 Å². The fourth-order valence-corrected chi connectivity index (χ4v) is 0.801. The van der Waals surface area contributed by atoms with Crippen molar-refractivity contribution in [1.29, 1.82) is 0 Å². The highest BCUT2D eigenvalue weighted by Crippen LogP contribution is 2.05. The Morgan fingerprint density at radius 3 is 2.67 bits per heavy atom. The maximum absolute atomic E-state index is 10.4.